The largest absolute Gasteiger partial charge is 0.402 e. The van der Waals surface area contributed by atoms with Crippen molar-refractivity contribution < 1.29 is 0 Å². The Kier molecular flexibility index (Phi) is 6.28. The molecule has 0 aliphatic heterocycles. The Morgan fingerprint density at radius 2 is 2.08 bits per heavy atom. The molecule has 0 aromatic heterocycles. The van der Waals surface area contributed by atoms with E-state index in [4.69, 9.17) is 5.73 Å². The van der Waals surface area contributed by atoms with E-state index in [1.54, 1.807) is 0 Å². The molecule has 0 spiro atoms. The quantitative estimate of drug-likeness (QED) is 0.639. The number of rotatable bonds is 3. The van der Waals surface area contributed by atoms with Crippen LogP contribution in [-0.4, -0.2) is 0 Å². The maximum atomic E-state index is 5.80. The first-order valence-corrected chi connectivity index (χ1v) is 4.63. The molecule has 0 heterocycles. The molecule has 0 fully saturated rings. The number of hydrogen-bond donors (Lipinski definition) is 1. The van der Waals surface area contributed by atoms with Gasteiger partial charge in [0.15, 0.2) is 0 Å². The van der Waals surface area contributed by atoms with Crippen LogP contribution < -0.4 is 5.73 Å². The number of nitrogens with two attached hydrogens (primary N) is 1. The van der Waals surface area contributed by atoms with Gasteiger partial charge in [0, 0.05) is 18.5 Å². The third-order valence-electron chi connectivity index (χ3n) is 1.92. The highest BCUT2D eigenvalue weighted by atomic mass is 14.6. The second-order valence-corrected chi connectivity index (χ2v) is 2.92. The van der Waals surface area contributed by atoms with E-state index < -0.39 is 0 Å². The highest BCUT2D eigenvalue weighted by Gasteiger charge is 1.99. The van der Waals surface area contributed by atoms with Gasteiger partial charge in [0.05, 0.1) is 0 Å². The van der Waals surface area contributed by atoms with E-state index in [9.17, 15) is 0 Å². The molecule has 0 saturated heterocycles. The first-order valence-electron chi connectivity index (χ1n) is 4.63. The van der Waals surface area contributed by atoms with Crippen LogP contribution in [0.5, 0.6) is 0 Å². The molecule has 1 atom stereocenters. The van der Waals surface area contributed by atoms with E-state index >= 15 is 0 Å². The lowest BCUT2D eigenvalue weighted by atomic mass is 10.0. The second kappa shape index (κ2) is 6.79. The zero-order chi connectivity index (χ0) is 9.40. The molecular formula is C11H19N. The number of allylic oxidation sites excluding steroid dienone is 2. The Morgan fingerprint density at radius 1 is 1.42 bits per heavy atom. The molecule has 2 N–H and O–H groups in total. The summed E-state index contributed by atoms with van der Waals surface area (Å²) in [6.45, 7) is 6.33. The molecule has 1 heteroatoms. The van der Waals surface area contributed by atoms with Crippen LogP contribution in [0.4, 0.5) is 0 Å². The van der Waals surface area contributed by atoms with Crippen molar-refractivity contribution >= 4 is 0 Å². The van der Waals surface area contributed by atoms with Gasteiger partial charge in [-0.05, 0) is 12.3 Å². The molecule has 0 aromatic carbocycles. The summed E-state index contributed by atoms with van der Waals surface area (Å²) in [5.41, 5.74) is 6.78. The molecule has 12 heavy (non-hydrogen) atoms. The van der Waals surface area contributed by atoms with Crippen LogP contribution >= 0.6 is 0 Å². The average Bonchev–Trinajstić information content (AvgIpc) is 2.10. The van der Waals surface area contributed by atoms with Crippen molar-refractivity contribution in [2.24, 2.45) is 11.7 Å². The fourth-order valence-corrected chi connectivity index (χ4v) is 0.803. The van der Waals surface area contributed by atoms with Gasteiger partial charge in [-0.1, -0.05) is 32.8 Å². The summed E-state index contributed by atoms with van der Waals surface area (Å²) < 4.78 is 0. The van der Waals surface area contributed by atoms with Crippen molar-refractivity contribution in [3.63, 3.8) is 0 Å². The highest BCUT2D eigenvalue weighted by molar-refractivity contribution is 5.09. The van der Waals surface area contributed by atoms with Gasteiger partial charge in [0.1, 0.15) is 0 Å². The van der Waals surface area contributed by atoms with Gasteiger partial charge < -0.3 is 5.73 Å². The van der Waals surface area contributed by atoms with Crippen LogP contribution in [0.1, 0.15) is 40.0 Å². The Bertz CT molecular complexity index is 193. The van der Waals surface area contributed by atoms with Gasteiger partial charge in [-0.2, -0.15) is 0 Å². The summed E-state index contributed by atoms with van der Waals surface area (Å²) in [6, 6.07) is 0. The zero-order valence-corrected chi connectivity index (χ0v) is 8.35. The van der Waals surface area contributed by atoms with Gasteiger partial charge in [-0.25, -0.2) is 0 Å². The van der Waals surface area contributed by atoms with E-state index in [-0.39, 0.29) is 0 Å². The van der Waals surface area contributed by atoms with Crippen LogP contribution in [-0.2, 0) is 0 Å². The summed E-state index contributed by atoms with van der Waals surface area (Å²) in [5.74, 6) is 6.54. The van der Waals surface area contributed by atoms with E-state index in [0.29, 0.717) is 5.92 Å². The predicted octanol–water partition coefficient (Wildman–Crippen LogP) is 2.68. The van der Waals surface area contributed by atoms with E-state index in [2.05, 4.69) is 32.6 Å². The topological polar surface area (TPSA) is 26.0 Å². The number of hydrogen-bond acceptors (Lipinski definition) is 1. The Balaban J connectivity index is 3.83. The van der Waals surface area contributed by atoms with Crippen molar-refractivity contribution in [3.8, 4) is 11.8 Å². The minimum Gasteiger partial charge on any atom is -0.402 e. The molecule has 68 valence electrons. The maximum Gasteiger partial charge on any atom is 0.0289 e. The van der Waals surface area contributed by atoms with Crippen molar-refractivity contribution in [1.82, 2.24) is 0 Å². The van der Waals surface area contributed by atoms with Crippen molar-refractivity contribution in [1.29, 1.82) is 0 Å². The van der Waals surface area contributed by atoms with Crippen molar-refractivity contribution in [3.05, 3.63) is 11.8 Å². The second-order valence-electron chi connectivity index (χ2n) is 2.92. The predicted molar refractivity (Wildman–Crippen MR) is 54.4 cm³/mol. The summed E-state index contributed by atoms with van der Waals surface area (Å²) in [4.78, 5) is 0. The third-order valence-corrected chi connectivity index (χ3v) is 1.92. The molecule has 0 aliphatic carbocycles. The zero-order valence-electron chi connectivity index (χ0n) is 8.35. The highest BCUT2D eigenvalue weighted by Crippen LogP contribution is 2.08. The summed E-state index contributed by atoms with van der Waals surface area (Å²) >= 11 is 0. The maximum absolute atomic E-state index is 5.80. The minimum absolute atomic E-state index is 0.494. The first-order chi connectivity index (χ1) is 5.72. The molecule has 0 aromatic rings. The Labute approximate surface area is 76.0 Å². The molecule has 0 rings (SSSR count). The van der Waals surface area contributed by atoms with Crippen LogP contribution in [0, 0.1) is 17.8 Å². The fraction of sp³-hybridized carbons (Fsp3) is 0.636. The van der Waals surface area contributed by atoms with Crippen LogP contribution in [0.15, 0.2) is 11.8 Å². The third kappa shape index (κ3) is 4.85. The smallest absolute Gasteiger partial charge is 0.0289 e. The lowest BCUT2D eigenvalue weighted by molar-refractivity contribution is 0.645. The molecule has 0 amide bonds. The van der Waals surface area contributed by atoms with E-state index in [0.717, 1.165) is 25.0 Å². The Morgan fingerprint density at radius 3 is 2.58 bits per heavy atom. The van der Waals surface area contributed by atoms with Crippen LogP contribution in [0.3, 0.4) is 0 Å². The van der Waals surface area contributed by atoms with Crippen molar-refractivity contribution in [2.75, 3.05) is 0 Å². The van der Waals surface area contributed by atoms with Crippen LogP contribution in [0.2, 0.25) is 0 Å². The van der Waals surface area contributed by atoms with Gasteiger partial charge in [0.2, 0.25) is 0 Å². The normalized spacial score (nSPS) is 13.4. The van der Waals surface area contributed by atoms with Crippen molar-refractivity contribution in [2.45, 2.75) is 40.0 Å². The van der Waals surface area contributed by atoms with Gasteiger partial charge in [-0.15, -0.1) is 5.92 Å². The Hall–Kier alpha value is -0.900. The SMILES string of the molecule is CCC#CC/C=C(/N)C(C)CC. The molecule has 1 nitrogen and oxygen atoms in total. The van der Waals surface area contributed by atoms with Gasteiger partial charge in [0.25, 0.3) is 0 Å². The standard InChI is InChI=1S/C11H19N/c1-4-6-7-8-9-11(12)10(3)5-2/h9-10H,4-5,8,12H2,1-3H3/b11-9+. The lowest BCUT2D eigenvalue weighted by Gasteiger charge is -2.07. The average molecular weight is 165 g/mol. The van der Waals surface area contributed by atoms with E-state index in [1.807, 2.05) is 6.08 Å². The summed E-state index contributed by atoms with van der Waals surface area (Å²) in [7, 11) is 0. The molecule has 0 radical (unpaired) electrons. The van der Waals surface area contributed by atoms with Gasteiger partial charge in [-0.3, -0.25) is 0 Å². The minimum atomic E-state index is 0.494. The van der Waals surface area contributed by atoms with E-state index in [1.165, 1.54) is 0 Å². The molecular weight excluding hydrogens is 146 g/mol. The lowest BCUT2D eigenvalue weighted by Crippen LogP contribution is -2.06. The molecule has 0 saturated carbocycles. The van der Waals surface area contributed by atoms with Crippen LogP contribution in [0.25, 0.3) is 0 Å². The fourth-order valence-electron chi connectivity index (χ4n) is 0.803. The first kappa shape index (κ1) is 11.1. The summed E-state index contributed by atoms with van der Waals surface area (Å²) in [5, 5.41) is 0. The molecule has 0 bridgehead atoms. The monoisotopic (exact) mass is 165 g/mol. The molecule has 1 unspecified atom stereocenters. The van der Waals surface area contributed by atoms with Gasteiger partial charge >= 0.3 is 0 Å². The molecule has 0 aliphatic rings. The summed E-state index contributed by atoms with van der Waals surface area (Å²) in [6.07, 6.45) is 4.85.